The number of hydrogen-bond donors (Lipinski definition) is 1. The number of nitrogens with zero attached hydrogens (tertiary/aromatic N) is 2. The highest BCUT2D eigenvalue weighted by atomic mass is 16.4. The minimum Gasteiger partial charge on any atom is -0.481 e. The Bertz CT molecular complexity index is 714. The quantitative estimate of drug-likeness (QED) is 0.887. The van der Waals surface area contributed by atoms with Gasteiger partial charge in [-0.1, -0.05) is 39.0 Å². The summed E-state index contributed by atoms with van der Waals surface area (Å²) >= 11 is 0. The van der Waals surface area contributed by atoms with Crippen LogP contribution in [-0.2, 0) is 10.2 Å². The average Bonchev–Trinajstić information content (AvgIpc) is 2.45. The lowest BCUT2D eigenvalue weighted by molar-refractivity contribution is -0.595. The first kappa shape index (κ1) is 15.5. The van der Waals surface area contributed by atoms with E-state index < -0.39 is 5.97 Å². The van der Waals surface area contributed by atoms with Crippen molar-refractivity contribution in [2.45, 2.75) is 26.2 Å². The zero-order valence-corrected chi connectivity index (χ0v) is 13.9. The van der Waals surface area contributed by atoms with E-state index in [1.54, 1.807) is 0 Å². The van der Waals surface area contributed by atoms with Crippen molar-refractivity contribution in [3.8, 4) is 5.69 Å². The summed E-state index contributed by atoms with van der Waals surface area (Å²) in [4.78, 5) is 13.3. The third-order valence-corrected chi connectivity index (χ3v) is 4.37. The Balaban J connectivity index is 2.08. The summed E-state index contributed by atoms with van der Waals surface area (Å²) in [6.07, 6.45) is 4.09. The Morgan fingerprint density at radius 1 is 1.13 bits per heavy atom. The fourth-order valence-electron chi connectivity index (χ4n) is 3.04. The molecule has 0 bridgehead atoms. The highest BCUT2D eigenvalue weighted by Gasteiger charge is 2.37. The molecule has 1 aromatic heterocycles. The van der Waals surface area contributed by atoms with Crippen molar-refractivity contribution < 1.29 is 14.5 Å². The van der Waals surface area contributed by atoms with Gasteiger partial charge in [-0.2, -0.15) is 4.57 Å². The predicted octanol–water partition coefficient (Wildman–Crippen LogP) is 2.78. The second-order valence-corrected chi connectivity index (χ2v) is 7.15. The van der Waals surface area contributed by atoms with Crippen LogP contribution in [0.15, 0.2) is 48.8 Å². The van der Waals surface area contributed by atoms with Gasteiger partial charge in [0, 0.05) is 30.8 Å². The molecule has 2 aromatic rings. The molecule has 120 valence electrons. The molecule has 0 amide bonds. The van der Waals surface area contributed by atoms with Crippen molar-refractivity contribution in [3.05, 3.63) is 54.4 Å². The number of para-hydroxylation sites is 1. The van der Waals surface area contributed by atoms with Crippen LogP contribution in [0.2, 0.25) is 0 Å². The lowest BCUT2D eigenvalue weighted by atomic mass is 9.84. The first-order valence-corrected chi connectivity index (χ1v) is 7.96. The number of anilines is 1. The number of pyridine rings is 1. The molecule has 23 heavy (non-hydrogen) atoms. The Morgan fingerprint density at radius 3 is 2.35 bits per heavy atom. The van der Waals surface area contributed by atoms with Crippen LogP contribution < -0.4 is 9.47 Å². The molecule has 1 aliphatic heterocycles. The van der Waals surface area contributed by atoms with E-state index in [2.05, 4.69) is 48.4 Å². The van der Waals surface area contributed by atoms with Crippen LogP contribution >= 0.6 is 0 Å². The molecule has 0 atom stereocenters. The third kappa shape index (κ3) is 2.93. The van der Waals surface area contributed by atoms with Gasteiger partial charge in [0.05, 0.1) is 5.92 Å². The standard InChI is InChI=1S/C19H22N2O2/c1-19(2,3)15-8-7-9-16(21-12-14(13-21)18(22)23)17(15)20-10-5-4-6-11-20/h4-11,14H,12-13H2,1-3H3/p+1. The molecule has 1 saturated heterocycles. The number of rotatable bonds is 3. The molecule has 3 rings (SSSR count). The number of aromatic nitrogens is 1. The molecule has 0 spiro atoms. The van der Waals surface area contributed by atoms with Crippen molar-refractivity contribution in [2.75, 3.05) is 18.0 Å². The van der Waals surface area contributed by atoms with Gasteiger partial charge in [0.1, 0.15) is 5.69 Å². The molecule has 4 nitrogen and oxygen atoms in total. The minimum atomic E-state index is -0.706. The molecule has 1 N–H and O–H groups in total. The van der Waals surface area contributed by atoms with E-state index in [-0.39, 0.29) is 11.3 Å². The zero-order chi connectivity index (χ0) is 16.6. The smallest absolute Gasteiger partial charge is 0.310 e. The van der Waals surface area contributed by atoms with Crippen LogP contribution in [0.4, 0.5) is 5.69 Å². The zero-order valence-electron chi connectivity index (χ0n) is 13.9. The van der Waals surface area contributed by atoms with E-state index in [1.165, 1.54) is 5.56 Å². The van der Waals surface area contributed by atoms with E-state index in [4.69, 9.17) is 5.11 Å². The maximum Gasteiger partial charge on any atom is 0.310 e. The average molecular weight is 311 g/mol. The highest BCUT2D eigenvalue weighted by Crippen LogP contribution is 2.35. The lowest BCUT2D eigenvalue weighted by Crippen LogP contribution is -2.52. The summed E-state index contributed by atoms with van der Waals surface area (Å²) in [7, 11) is 0. The molecule has 0 aliphatic carbocycles. The second kappa shape index (κ2) is 5.69. The summed E-state index contributed by atoms with van der Waals surface area (Å²) in [5, 5.41) is 9.14. The van der Waals surface area contributed by atoms with Gasteiger partial charge in [0.25, 0.3) is 0 Å². The number of benzene rings is 1. The molecule has 0 unspecified atom stereocenters. The maximum atomic E-state index is 11.1. The molecule has 0 radical (unpaired) electrons. The normalized spacial score (nSPS) is 15.3. The summed E-state index contributed by atoms with van der Waals surface area (Å²) in [6.45, 7) is 7.76. The first-order valence-electron chi connectivity index (χ1n) is 7.96. The summed E-state index contributed by atoms with van der Waals surface area (Å²) in [5.41, 5.74) is 3.51. The lowest BCUT2D eigenvalue weighted by Gasteiger charge is -2.39. The second-order valence-electron chi connectivity index (χ2n) is 7.15. The van der Waals surface area contributed by atoms with Gasteiger partial charge in [-0.15, -0.1) is 0 Å². The summed E-state index contributed by atoms with van der Waals surface area (Å²) < 4.78 is 2.13. The van der Waals surface area contributed by atoms with Crippen molar-refractivity contribution in [1.82, 2.24) is 0 Å². The summed E-state index contributed by atoms with van der Waals surface area (Å²) in [6, 6.07) is 12.3. The number of carbonyl (C=O) groups is 1. The number of carboxylic acid groups (broad SMARTS) is 1. The molecule has 0 saturated carbocycles. The molecule has 1 fully saturated rings. The van der Waals surface area contributed by atoms with Gasteiger partial charge in [-0.05, 0) is 11.5 Å². The molecule has 2 heterocycles. The molecular formula is C19H23N2O2+. The fourth-order valence-corrected chi connectivity index (χ4v) is 3.04. The first-order chi connectivity index (χ1) is 10.9. The minimum absolute atomic E-state index is 0.00521. The Hall–Kier alpha value is -2.36. The van der Waals surface area contributed by atoms with E-state index >= 15 is 0 Å². The Labute approximate surface area is 137 Å². The van der Waals surface area contributed by atoms with Crippen LogP contribution in [-0.4, -0.2) is 24.2 Å². The predicted molar refractivity (Wildman–Crippen MR) is 90.0 cm³/mol. The molecule has 1 aliphatic rings. The Kier molecular flexibility index (Phi) is 3.84. The van der Waals surface area contributed by atoms with E-state index in [9.17, 15) is 4.79 Å². The largest absolute Gasteiger partial charge is 0.481 e. The van der Waals surface area contributed by atoms with E-state index in [1.807, 2.05) is 30.6 Å². The molecule has 4 heteroatoms. The van der Waals surface area contributed by atoms with Crippen molar-refractivity contribution in [1.29, 1.82) is 0 Å². The number of carboxylic acids is 1. The van der Waals surface area contributed by atoms with Crippen LogP contribution in [0.3, 0.4) is 0 Å². The third-order valence-electron chi connectivity index (χ3n) is 4.37. The van der Waals surface area contributed by atoms with Crippen molar-refractivity contribution >= 4 is 11.7 Å². The summed E-state index contributed by atoms with van der Waals surface area (Å²) in [5.74, 6) is -0.968. The topological polar surface area (TPSA) is 44.4 Å². The van der Waals surface area contributed by atoms with E-state index in [0.29, 0.717) is 13.1 Å². The van der Waals surface area contributed by atoms with Gasteiger partial charge in [-0.3, -0.25) is 4.79 Å². The van der Waals surface area contributed by atoms with Gasteiger partial charge in [0.15, 0.2) is 12.4 Å². The van der Waals surface area contributed by atoms with Gasteiger partial charge in [-0.25, -0.2) is 0 Å². The van der Waals surface area contributed by atoms with Crippen LogP contribution in [0.5, 0.6) is 0 Å². The number of aliphatic carboxylic acids is 1. The number of hydrogen-bond acceptors (Lipinski definition) is 2. The van der Waals surface area contributed by atoms with Crippen LogP contribution in [0, 0.1) is 5.92 Å². The monoisotopic (exact) mass is 311 g/mol. The van der Waals surface area contributed by atoms with Crippen LogP contribution in [0.25, 0.3) is 5.69 Å². The van der Waals surface area contributed by atoms with Gasteiger partial charge in [0.2, 0.25) is 5.69 Å². The van der Waals surface area contributed by atoms with Crippen LogP contribution in [0.1, 0.15) is 26.3 Å². The molecule has 1 aromatic carbocycles. The fraction of sp³-hybridized carbons (Fsp3) is 0.368. The van der Waals surface area contributed by atoms with Gasteiger partial charge >= 0.3 is 5.97 Å². The Morgan fingerprint density at radius 2 is 1.78 bits per heavy atom. The van der Waals surface area contributed by atoms with Crippen molar-refractivity contribution in [3.63, 3.8) is 0 Å². The molecular weight excluding hydrogens is 288 g/mol. The van der Waals surface area contributed by atoms with E-state index in [0.717, 1.165) is 11.4 Å². The van der Waals surface area contributed by atoms with Gasteiger partial charge < -0.3 is 10.0 Å². The van der Waals surface area contributed by atoms with Crippen molar-refractivity contribution in [2.24, 2.45) is 5.92 Å². The maximum absolute atomic E-state index is 11.1. The SMILES string of the molecule is CC(C)(C)c1cccc(N2CC(C(=O)O)C2)c1-[n+]1ccccc1. The highest BCUT2D eigenvalue weighted by molar-refractivity contribution is 5.76.